The highest BCUT2D eigenvalue weighted by atomic mass is 32.2. The molecule has 1 aromatic heterocycles. The van der Waals surface area contributed by atoms with E-state index in [1.807, 2.05) is 6.20 Å². The van der Waals surface area contributed by atoms with Gasteiger partial charge in [-0.05, 0) is 38.5 Å². The van der Waals surface area contributed by atoms with Gasteiger partial charge in [0.05, 0.1) is 12.4 Å². The Kier molecular flexibility index (Phi) is 5.57. The van der Waals surface area contributed by atoms with Crippen LogP contribution in [0.25, 0.3) is 6.08 Å². The molecule has 0 amide bonds. The Balaban J connectivity index is 1.46. The first-order chi connectivity index (χ1) is 13.4. The highest BCUT2D eigenvalue weighted by Crippen LogP contribution is 2.32. The Morgan fingerprint density at radius 3 is 2.71 bits per heavy atom. The van der Waals surface area contributed by atoms with Crippen molar-refractivity contribution in [3.05, 3.63) is 17.8 Å². The number of aromatic nitrogens is 2. The van der Waals surface area contributed by atoms with Gasteiger partial charge in [0, 0.05) is 43.5 Å². The van der Waals surface area contributed by atoms with Crippen molar-refractivity contribution in [2.45, 2.75) is 56.7 Å². The van der Waals surface area contributed by atoms with Crippen molar-refractivity contribution in [2.24, 2.45) is 0 Å². The molecule has 2 atom stereocenters. The summed E-state index contributed by atoms with van der Waals surface area (Å²) in [5.41, 5.74) is 1.00. The second kappa shape index (κ2) is 7.96. The molecule has 1 saturated heterocycles. The number of sulfonamides is 1. The number of hydrogen-bond acceptors (Lipinski definition) is 7. The SMILES string of the molecule is CS(=O)(=O)N1CCC(Nc2ncc3c(n2)N([C@@H]2CCC[C@@H](O)C2)CC=C3)CC1. The van der Waals surface area contributed by atoms with E-state index in [4.69, 9.17) is 4.98 Å². The molecule has 9 heteroatoms. The summed E-state index contributed by atoms with van der Waals surface area (Å²) in [4.78, 5) is 11.6. The van der Waals surface area contributed by atoms with E-state index in [-0.39, 0.29) is 12.1 Å². The van der Waals surface area contributed by atoms with E-state index in [0.717, 1.165) is 56.5 Å². The molecule has 0 spiro atoms. The average molecular weight is 408 g/mol. The van der Waals surface area contributed by atoms with Crippen LogP contribution in [-0.2, 0) is 10.0 Å². The zero-order valence-corrected chi connectivity index (χ0v) is 17.1. The van der Waals surface area contributed by atoms with E-state index in [2.05, 4.69) is 27.4 Å². The van der Waals surface area contributed by atoms with Gasteiger partial charge in [-0.2, -0.15) is 4.98 Å². The van der Waals surface area contributed by atoms with E-state index in [0.29, 0.717) is 25.1 Å². The zero-order chi connectivity index (χ0) is 19.7. The maximum Gasteiger partial charge on any atom is 0.224 e. The average Bonchev–Trinajstić information content (AvgIpc) is 2.67. The molecule has 2 N–H and O–H groups in total. The molecule has 1 aromatic rings. The summed E-state index contributed by atoms with van der Waals surface area (Å²) in [6.07, 6.45) is 12.3. The predicted octanol–water partition coefficient (Wildman–Crippen LogP) is 1.45. The quantitative estimate of drug-likeness (QED) is 0.779. The van der Waals surface area contributed by atoms with Crippen LogP contribution < -0.4 is 10.2 Å². The molecule has 28 heavy (non-hydrogen) atoms. The van der Waals surface area contributed by atoms with Crippen molar-refractivity contribution in [1.29, 1.82) is 0 Å². The van der Waals surface area contributed by atoms with Gasteiger partial charge in [-0.3, -0.25) is 0 Å². The molecule has 1 aliphatic carbocycles. The smallest absolute Gasteiger partial charge is 0.224 e. The monoisotopic (exact) mass is 407 g/mol. The molecule has 3 heterocycles. The van der Waals surface area contributed by atoms with E-state index >= 15 is 0 Å². The molecule has 0 aromatic carbocycles. The molecule has 0 radical (unpaired) electrons. The Hall–Kier alpha value is -1.71. The number of anilines is 2. The Bertz CT molecular complexity index is 836. The van der Waals surface area contributed by atoms with Gasteiger partial charge in [0.25, 0.3) is 0 Å². The summed E-state index contributed by atoms with van der Waals surface area (Å²) in [6, 6.07) is 0.466. The first-order valence-electron chi connectivity index (χ1n) is 10.1. The van der Waals surface area contributed by atoms with E-state index in [9.17, 15) is 13.5 Å². The van der Waals surface area contributed by atoms with Crippen LogP contribution in [0.15, 0.2) is 12.3 Å². The van der Waals surface area contributed by atoms with Crippen LogP contribution in [-0.4, -0.2) is 71.9 Å². The lowest BCUT2D eigenvalue weighted by Gasteiger charge is -2.38. The molecule has 3 aliphatic rings. The van der Waals surface area contributed by atoms with Crippen LogP contribution in [0, 0.1) is 0 Å². The fourth-order valence-electron chi connectivity index (χ4n) is 4.44. The minimum Gasteiger partial charge on any atom is -0.393 e. The molecule has 1 saturated carbocycles. The number of piperidine rings is 1. The second-order valence-electron chi connectivity index (χ2n) is 8.08. The van der Waals surface area contributed by atoms with Gasteiger partial charge in [-0.1, -0.05) is 12.2 Å². The minimum absolute atomic E-state index is 0.167. The fourth-order valence-corrected chi connectivity index (χ4v) is 5.31. The topological polar surface area (TPSA) is 98.7 Å². The second-order valence-corrected chi connectivity index (χ2v) is 10.1. The van der Waals surface area contributed by atoms with E-state index < -0.39 is 10.0 Å². The number of fused-ring (bicyclic) bond motifs is 1. The number of nitrogens with zero attached hydrogens (tertiary/aromatic N) is 4. The summed E-state index contributed by atoms with van der Waals surface area (Å²) >= 11 is 0. The van der Waals surface area contributed by atoms with Crippen molar-refractivity contribution in [3.8, 4) is 0 Å². The lowest BCUT2D eigenvalue weighted by Crippen LogP contribution is -2.43. The maximum absolute atomic E-state index is 11.7. The standard InChI is InChI=1S/C19H29N5O3S/c1-28(26,27)23-10-7-15(8-11-23)21-19-20-13-14-4-3-9-24(18(14)22-19)16-5-2-6-17(25)12-16/h3-4,13,15-17,25H,2,5-12H2,1H3,(H,20,21,22)/t16-,17-/m1/s1. The van der Waals surface area contributed by atoms with E-state index in [1.165, 1.54) is 10.6 Å². The number of rotatable bonds is 4. The fraction of sp³-hybridized carbons (Fsp3) is 0.684. The Morgan fingerprint density at radius 1 is 1.21 bits per heavy atom. The third-order valence-electron chi connectivity index (χ3n) is 5.98. The number of hydrogen-bond donors (Lipinski definition) is 2. The van der Waals surface area contributed by atoms with Crippen LogP contribution >= 0.6 is 0 Å². The Morgan fingerprint density at radius 2 is 2.00 bits per heavy atom. The number of aliphatic hydroxyl groups is 1. The molecular weight excluding hydrogens is 378 g/mol. The predicted molar refractivity (Wildman–Crippen MR) is 110 cm³/mol. The molecule has 4 rings (SSSR count). The van der Waals surface area contributed by atoms with Crippen molar-refractivity contribution in [2.75, 3.05) is 36.1 Å². The van der Waals surface area contributed by atoms with Crippen LogP contribution in [0.5, 0.6) is 0 Å². The third-order valence-corrected chi connectivity index (χ3v) is 7.29. The van der Waals surface area contributed by atoms with Gasteiger partial charge in [0.15, 0.2) is 0 Å². The van der Waals surface area contributed by atoms with Gasteiger partial charge in [0.2, 0.25) is 16.0 Å². The molecular formula is C19H29N5O3S. The van der Waals surface area contributed by atoms with Gasteiger partial charge < -0.3 is 15.3 Å². The largest absolute Gasteiger partial charge is 0.393 e. The summed E-state index contributed by atoms with van der Waals surface area (Å²) in [7, 11) is -3.12. The first-order valence-corrected chi connectivity index (χ1v) is 11.9. The number of nitrogens with one attached hydrogen (secondary N) is 1. The summed E-state index contributed by atoms with van der Waals surface area (Å²) in [5.74, 6) is 1.51. The van der Waals surface area contributed by atoms with Crippen molar-refractivity contribution in [3.63, 3.8) is 0 Å². The van der Waals surface area contributed by atoms with Crippen molar-refractivity contribution >= 4 is 27.9 Å². The number of aliphatic hydroxyl groups excluding tert-OH is 1. The zero-order valence-electron chi connectivity index (χ0n) is 16.3. The first kappa shape index (κ1) is 19.6. The molecule has 0 unspecified atom stereocenters. The Labute approximate surface area is 166 Å². The van der Waals surface area contributed by atoms with Crippen molar-refractivity contribution < 1.29 is 13.5 Å². The molecule has 154 valence electrons. The molecule has 2 aliphatic heterocycles. The normalized spacial score (nSPS) is 26.9. The minimum atomic E-state index is -3.12. The van der Waals surface area contributed by atoms with E-state index in [1.54, 1.807) is 0 Å². The van der Waals surface area contributed by atoms with Crippen molar-refractivity contribution in [1.82, 2.24) is 14.3 Å². The highest BCUT2D eigenvalue weighted by molar-refractivity contribution is 7.88. The molecule has 2 fully saturated rings. The van der Waals surface area contributed by atoms with Crippen LogP contribution in [0.3, 0.4) is 0 Å². The summed E-state index contributed by atoms with van der Waals surface area (Å²) < 4.78 is 24.9. The van der Waals surface area contributed by atoms with Crippen LogP contribution in [0.1, 0.15) is 44.1 Å². The third kappa shape index (κ3) is 4.31. The molecule has 0 bridgehead atoms. The lowest BCUT2D eigenvalue weighted by atomic mass is 9.91. The van der Waals surface area contributed by atoms with Gasteiger partial charge in [0.1, 0.15) is 5.82 Å². The molecule has 8 nitrogen and oxygen atoms in total. The van der Waals surface area contributed by atoms with Crippen LogP contribution in [0.2, 0.25) is 0 Å². The highest BCUT2D eigenvalue weighted by Gasteiger charge is 2.29. The van der Waals surface area contributed by atoms with Crippen LogP contribution in [0.4, 0.5) is 11.8 Å². The summed E-state index contributed by atoms with van der Waals surface area (Å²) in [6.45, 7) is 1.85. The summed E-state index contributed by atoms with van der Waals surface area (Å²) in [5, 5.41) is 13.5. The maximum atomic E-state index is 11.7. The lowest BCUT2D eigenvalue weighted by molar-refractivity contribution is 0.118. The van der Waals surface area contributed by atoms with Gasteiger partial charge in [-0.15, -0.1) is 0 Å². The van der Waals surface area contributed by atoms with Gasteiger partial charge in [-0.25, -0.2) is 17.7 Å². The van der Waals surface area contributed by atoms with Gasteiger partial charge >= 0.3 is 0 Å².